The smallest absolute Gasteiger partial charge is 0.212 e. The molecule has 0 aliphatic rings. The first-order valence-electron chi connectivity index (χ1n) is 4.76. The average molecular weight is 279 g/mol. The summed E-state index contributed by atoms with van der Waals surface area (Å²) in [5, 5.41) is 0. The molecule has 0 aliphatic carbocycles. The zero-order valence-electron chi connectivity index (χ0n) is 8.77. The molecule has 82 valence electrons. The summed E-state index contributed by atoms with van der Waals surface area (Å²) in [4.78, 5) is 4.16. The average Bonchev–Trinajstić information content (AvgIpc) is 2.33. The Morgan fingerprint density at radius 3 is 2.50 bits per heavy atom. The number of halogens is 1. The van der Waals surface area contributed by atoms with Crippen molar-refractivity contribution in [3.8, 4) is 17.0 Å². The maximum atomic E-state index is 5.73. The van der Waals surface area contributed by atoms with Crippen molar-refractivity contribution in [2.75, 3.05) is 12.8 Å². The van der Waals surface area contributed by atoms with Crippen molar-refractivity contribution < 1.29 is 4.74 Å². The normalized spacial score (nSPS) is 10.1. The van der Waals surface area contributed by atoms with Crippen molar-refractivity contribution in [3.05, 3.63) is 41.0 Å². The number of hydrogen-bond donors (Lipinski definition) is 1. The van der Waals surface area contributed by atoms with Crippen molar-refractivity contribution in [1.82, 2.24) is 4.98 Å². The molecule has 4 heteroatoms. The minimum absolute atomic E-state index is 0.610. The highest BCUT2D eigenvalue weighted by molar-refractivity contribution is 9.10. The Morgan fingerprint density at radius 2 is 1.94 bits per heavy atom. The van der Waals surface area contributed by atoms with E-state index in [2.05, 4.69) is 20.9 Å². The molecule has 0 radical (unpaired) electrons. The van der Waals surface area contributed by atoms with E-state index < -0.39 is 0 Å². The minimum atomic E-state index is 0.610. The van der Waals surface area contributed by atoms with E-state index in [-0.39, 0.29) is 0 Å². The van der Waals surface area contributed by atoms with E-state index in [1.807, 2.05) is 30.3 Å². The van der Waals surface area contributed by atoms with Crippen LogP contribution in [0.25, 0.3) is 11.1 Å². The number of nitrogens with two attached hydrogens (primary N) is 1. The Balaban J connectivity index is 2.38. The van der Waals surface area contributed by atoms with Crippen LogP contribution >= 0.6 is 15.9 Å². The summed E-state index contributed by atoms with van der Waals surface area (Å²) in [6, 6.07) is 9.59. The fourth-order valence-corrected chi connectivity index (χ4v) is 1.76. The second kappa shape index (κ2) is 4.53. The molecule has 0 unspecified atom stereocenters. The summed E-state index contributed by atoms with van der Waals surface area (Å²) in [6.07, 6.45) is 1.77. The molecule has 0 fully saturated rings. The summed E-state index contributed by atoms with van der Waals surface area (Å²) in [5.74, 6) is 0.610. The summed E-state index contributed by atoms with van der Waals surface area (Å²) in [5.41, 5.74) is 8.55. The van der Waals surface area contributed by atoms with Crippen LogP contribution in [-0.4, -0.2) is 12.1 Å². The molecule has 2 rings (SSSR count). The first kappa shape index (κ1) is 11.0. The molecule has 0 saturated carbocycles. The number of benzene rings is 1. The van der Waals surface area contributed by atoms with E-state index in [9.17, 15) is 0 Å². The molecule has 0 atom stereocenters. The lowest BCUT2D eigenvalue weighted by Gasteiger charge is -2.05. The van der Waals surface area contributed by atoms with Crippen LogP contribution in [0.4, 0.5) is 5.69 Å². The molecule has 1 aromatic heterocycles. The number of methoxy groups -OCH3 is 1. The Morgan fingerprint density at radius 1 is 1.19 bits per heavy atom. The lowest BCUT2D eigenvalue weighted by atomic mass is 10.1. The number of hydrogen-bond acceptors (Lipinski definition) is 3. The number of nitrogens with zero attached hydrogens (tertiary/aromatic N) is 1. The van der Waals surface area contributed by atoms with Crippen molar-refractivity contribution in [2.45, 2.75) is 0 Å². The van der Waals surface area contributed by atoms with Gasteiger partial charge in [-0.3, -0.25) is 0 Å². The molecule has 3 nitrogen and oxygen atoms in total. The maximum Gasteiger partial charge on any atom is 0.212 e. The zero-order valence-corrected chi connectivity index (χ0v) is 10.4. The number of pyridine rings is 1. The third-order valence-electron chi connectivity index (χ3n) is 2.28. The van der Waals surface area contributed by atoms with Gasteiger partial charge in [0.05, 0.1) is 7.11 Å². The predicted molar refractivity (Wildman–Crippen MR) is 68.3 cm³/mol. The molecular formula is C12H11BrN2O. The third-order valence-corrected chi connectivity index (χ3v) is 2.97. The molecule has 1 aromatic carbocycles. The first-order valence-corrected chi connectivity index (χ1v) is 5.55. The van der Waals surface area contributed by atoms with Gasteiger partial charge in [-0.05, 0) is 39.7 Å². The first-order chi connectivity index (χ1) is 7.70. The van der Waals surface area contributed by atoms with Gasteiger partial charge in [0.2, 0.25) is 5.88 Å². The molecule has 0 bridgehead atoms. The molecule has 2 aromatic rings. The second-order valence-corrected chi connectivity index (χ2v) is 4.18. The second-order valence-electron chi connectivity index (χ2n) is 3.33. The monoisotopic (exact) mass is 278 g/mol. The molecule has 2 N–H and O–H groups in total. The van der Waals surface area contributed by atoms with Crippen LogP contribution in [0.2, 0.25) is 0 Å². The molecule has 1 heterocycles. The van der Waals surface area contributed by atoms with Gasteiger partial charge in [-0.25, -0.2) is 4.98 Å². The maximum absolute atomic E-state index is 5.73. The van der Waals surface area contributed by atoms with Gasteiger partial charge in [0.15, 0.2) is 0 Å². The van der Waals surface area contributed by atoms with Gasteiger partial charge >= 0.3 is 0 Å². The van der Waals surface area contributed by atoms with Gasteiger partial charge in [0, 0.05) is 28.0 Å². The largest absolute Gasteiger partial charge is 0.481 e. The lowest BCUT2D eigenvalue weighted by Crippen LogP contribution is -1.89. The number of nitrogen functional groups attached to an aromatic ring is 1. The van der Waals surface area contributed by atoms with Gasteiger partial charge in [0.25, 0.3) is 0 Å². The number of ether oxygens (including phenoxy) is 1. The van der Waals surface area contributed by atoms with Crippen LogP contribution in [0.1, 0.15) is 0 Å². The van der Waals surface area contributed by atoms with Gasteiger partial charge in [-0.2, -0.15) is 0 Å². The van der Waals surface area contributed by atoms with Crippen molar-refractivity contribution in [2.24, 2.45) is 0 Å². The third kappa shape index (κ3) is 2.17. The molecule has 0 amide bonds. The molecule has 16 heavy (non-hydrogen) atoms. The van der Waals surface area contributed by atoms with E-state index in [1.165, 1.54) is 0 Å². The SMILES string of the molecule is COc1ccc(-c2ccc(N)c(Br)c2)cn1. The predicted octanol–water partition coefficient (Wildman–Crippen LogP) is 3.10. The van der Waals surface area contributed by atoms with E-state index >= 15 is 0 Å². The van der Waals surface area contributed by atoms with Crippen LogP contribution < -0.4 is 10.5 Å². The summed E-state index contributed by atoms with van der Waals surface area (Å²) in [6.45, 7) is 0. The van der Waals surface area contributed by atoms with Gasteiger partial charge < -0.3 is 10.5 Å². The number of aromatic nitrogens is 1. The zero-order chi connectivity index (χ0) is 11.5. The van der Waals surface area contributed by atoms with E-state index in [4.69, 9.17) is 10.5 Å². The number of anilines is 1. The van der Waals surface area contributed by atoms with Crippen LogP contribution in [0.15, 0.2) is 41.0 Å². The topological polar surface area (TPSA) is 48.1 Å². The molecular weight excluding hydrogens is 268 g/mol. The summed E-state index contributed by atoms with van der Waals surface area (Å²) >= 11 is 3.40. The van der Waals surface area contributed by atoms with Gasteiger partial charge in [0.1, 0.15) is 0 Å². The van der Waals surface area contributed by atoms with Crippen LogP contribution in [0.3, 0.4) is 0 Å². The van der Waals surface area contributed by atoms with E-state index in [0.717, 1.165) is 21.3 Å². The minimum Gasteiger partial charge on any atom is -0.481 e. The quantitative estimate of drug-likeness (QED) is 0.859. The highest BCUT2D eigenvalue weighted by Crippen LogP contribution is 2.27. The summed E-state index contributed by atoms with van der Waals surface area (Å²) in [7, 11) is 1.60. The van der Waals surface area contributed by atoms with Crippen molar-refractivity contribution >= 4 is 21.6 Å². The van der Waals surface area contributed by atoms with Crippen LogP contribution in [0, 0.1) is 0 Å². The van der Waals surface area contributed by atoms with Crippen molar-refractivity contribution in [1.29, 1.82) is 0 Å². The van der Waals surface area contributed by atoms with Crippen molar-refractivity contribution in [3.63, 3.8) is 0 Å². The Bertz CT molecular complexity index is 497. The number of rotatable bonds is 2. The molecule has 0 aliphatic heterocycles. The van der Waals surface area contributed by atoms with Crippen LogP contribution in [-0.2, 0) is 0 Å². The molecule has 0 saturated heterocycles. The van der Waals surface area contributed by atoms with Gasteiger partial charge in [-0.1, -0.05) is 6.07 Å². The van der Waals surface area contributed by atoms with Crippen LogP contribution in [0.5, 0.6) is 5.88 Å². The summed E-state index contributed by atoms with van der Waals surface area (Å²) < 4.78 is 5.90. The van der Waals surface area contributed by atoms with E-state index in [0.29, 0.717) is 5.88 Å². The fourth-order valence-electron chi connectivity index (χ4n) is 1.38. The lowest BCUT2D eigenvalue weighted by molar-refractivity contribution is 0.398. The Labute approximate surface area is 102 Å². The Hall–Kier alpha value is -1.55. The standard InChI is InChI=1S/C12H11BrN2O/c1-16-12-5-3-9(7-15-12)8-2-4-11(14)10(13)6-8/h2-7H,14H2,1H3. The highest BCUT2D eigenvalue weighted by Gasteiger charge is 2.02. The Kier molecular flexibility index (Phi) is 3.10. The highest BCUT2D eigenvalue weighted by atomic mass is 79.9. The molecule has 0 spiro atoms. The fraction of sp³-hybridized carbons (Fsp3) is 0.0833. The van der Waals surface area contributed by atoms with Gasteiger partial charge in [-0.15, -0.1) is 0 Å². The van der Waals surface area contributed by atoms with E-state index in [1.54, 1.807) is 13.3 Å².